The minimum absolute atomic E-state index is 0.107. The second kappa shape index (κ2) is 7.30. The molecule has 0 atom stereocenters. The number of benzene rings is 1. The van der Waals surface area contributed by atoms with E-state index in [-0.39, 0.29) is 10.6 Å². The van der Waals surface area contributed by atoms with Crippen LogP contribution >= 0.6 is 27.5 Å². The molecule has 0 bridgehead atoms. The van der Waals surface area contributed by atoms with Crippen molar-refractivity contribution in [1.29, 1.82) is 0 Å². The van der Waals surface area contributed by atoms with Crippen molar-refractivity contribution in [2.75, 3.05) is 13.1 Å². The van der Waals surface area contributed by atoms with Gasteiger partial charge < -0.3 is 10.1 Å². The summed E-state index contributed by atoms with van der Waals surface area (Å²) in [6.45, 7) is 6.31. The third-order valence-corrected chi connectivity index (χ3v) is 4.79. The molecular formula is C16H22BrClFNO. The summed E-state index contributed by atoms with van der Waals surface area (Å²) in [4.78, 5) is 0. The van der Waals surface area contributed by atoms with Crippen molar-refractivity contribution in [2.45, 2.75) is 45.1 Å². The predicted octanol–water partition coefficient (Wildman–Crippen LogP) is 5.18. The van der Waals surface area contributed by atoms with Crippen LogP contribution in [-0.4, -0.2) is 18.7 Å². The lowest BCUT2D eigenvalue weighted by atomic mass is 9.77. The fraction of sp³-hybridized carbons (Fsp3) is 0.625. The molecule has 118 valence electrons. The number of hydrogen-bond acceptors (Lipinski definition) is 2. The fourth-order valence-corrected chi connectivity index (χ4v) is 3.22. The van der Waals surface area contributed by atoms with Gasteiger partial charge in [0.2, 0.25) is 0 Å². The molecule has 1 aliphatic rings. The minimum atomic E-state index is -0.442. The Bertz CT molecular complexity index is 491. The van der Waals surface area contributed by atoms with Crippen LogP contribution in [0.1, 0.15) is 39.5 Å². The number of halogens is 3. The molecule has 1 aliphatic carbocycles. The van der Waals surface area contributed by atoms with Gasteiger partial charge in [-0.1, -0.05) is 25.4 Å². The van der Waals surface area contributed by atoms with E-state index in [2.05, 4.69) is 35.1 Å². The standard InChI is InChI=1S/C16H22BrClFNO/c1-11(2)10-20-7-6-16(4-3-5-16)21-15-9-14(19)13(18)8-12(15)17/h8-9,11,20H,3-7,10H2,1-2H3. The van der Waals surface area contributed by atoms with E-state index in [1.807, 2.05) is 0 Å². The van der Waals surface area contributed by atoms with Gasteiger partial charge in [0.1, 0.15) is 17.2 Å². The van der Waals surface area contributed by atoms with Gasteiger partial charge in [-0.3, -0.25) is 0 Å². The lowest BCUT2D eigenvalue weighted by Crippen LogP contribution is -2.45. The van der Waals surface area contributed by atoms with Crippen molar-refractivity contribution in [3.8, 4) is 5.75 Å². The second-order valence-electron chi connectivity index (χ2n) is 6.18. The molecule has 0 amide bonds. The zero-order valence-corrected chi connectivity index (χ0v) is 14.9. The summed E-state index contributed by atoms with van der Waals surface area (Å²) >= 11 is 9.16. The largest absolute Gasteiger partial charge is 0.486 e. The molecule has 1 saturated carbocycles. The third kappa shape index (κ3) is 4.57. The Hall–Kier alpha value is -0.320. The Morgan fingerprint density at radius 2 is 2.14 bits per heavy atom. The van der Waals surface area contributed by atoms with Crippen molar-refractivity contribution in [1.82, 2.24) is 5.32 Å². The van der Waals surface area contributed by atoms with E-state index in [4.69, 9.17) is 16.3 Å². The van der Waals surface area contributed by atoms with E-state index in [1.54, 1.807) is 6.07 Å². The van der Waals surface area contributed by atoms with Gasteiger partial charge in [-0.15, -0.1) is 0 Å². The number of ether oxygens (including phenoxy) is 1. The van der Waals surface area contributed by atoms with Gasteiger partial charge in [0.25, 0.3) is 0 Å². The first-order valence-electron chi connectivity index (χ1n) is 7.46. The molecule has 0 aromatic heterocycles. The molecule has 1 aromatic carbocycles. The predicted molar refractivity (Wildman–Crippen MR) is 88.6 cm³/mol. The van der Waals surface area contributed by atoms with Crippen LogP contribution in [0.15, 0.2) is 16.6 Å². The average Bonchev–Trinajstić information content (AvgIpc) is 2.37. The highest BCUT2D eigenvalue weighted by molar-refractivity contribution is 9.10. The Kier molecular flexibility index (Phi) is 5.92. The van der Waals surface area contributed by atoms with Gasteiger partial charge in [-0.2, -0.15) is 0 Å². The molecule has 0 spiro atoms. The maximum atomic E-state index is 13.6. The van der Waals surface area contributed by atoms with Crippen LogP contribution < -0.4 is 10.1 Å². The number of hydrogen-bond donors (Lipinski definition) is 1. The molecule has 1 aromatic rings. The van der Waals surface area contributed by atoms with Crippen LogP contribution in [0, 0.1) is 11.7 Å². The fourth-order valence-electron chi connectivity index (χ4n) is 2.50. The van der Waals surface area contributed by atoms with E-state index in [9.17, 15) is 4.39 Å². The smallest absolute Gasteiger partial charge is 0.145 e. The van der Waals surface area contributed by atoms with Gasteiger partial charge in [-0.05, 0) is 66.7 Å². The Morgan fingerprint density at radius 3 is 2.71 bits per heavy atom. The molecule has 5 heteroatoms. The van der Waals surface area contributed by atoms with E-state index in [0.29, 0.717) is 16.1 Å². The summed E-state index contributed by atoms with van der Waals surface area (Å²) in [5.41, 5.74) is -0.160. The van der Waals surface area contributed by atoms with Crippen LogP contribution in [0.5, 0.6) is 5.75 Å². The first-order chi connectivity index (χ1) is 9.92. The summed E-state index contributed by atoms with van der Waals surface area (Å²) in [6, 6.07) is 2.92. The van der Waals surface area contributed by atoms with Crippen LogP contribution in [-0.2, 0) is 0 Å². The summed E-state index contributed by atoms with van der Waals surface area (Å²) in [7, 11) is 0. The maximum Gasteiger partial charge on any atom is 0.145 e. The molecule has 0 aliphatic heterocycles. The van der Waals surface area contributed by atoms with Gasteiger partial charge >= 0.3 is 0 Å². The molecule has 1 fully saturated rings. The summed E-state index contributed by atoms with van der Waals surface area (Å²) < 4.78 is 20.4. The average molecular weight is 379 g/mol. The highest BCUT2D eigenvalue weighted by atomic mass is 79.9. The first kappa shape index (κ1) is 17.0. The normalized spacial score (nSPS) is 16.9. The lowest BCUT2D eigenvalue weighted by Gasteiger charge is -2.42. The van der Waals surface area contributed by atoms with Crippen LogP contribution in [0.25, 0.3) is 0 Å². The minimum Gasteiger partial charge on any atom is -0.486 e. The second-order valence-corrected chi connectivity index (χ2v) is 7.44. The molecule has 21 heavy (non-hydrogen) atoms. The molecule has 0 unspecified atom stereocenters. The molecule has 0 saturated heterocycles. The summed E-state index contributed by atoms with van der Waals surface area (Å²) in [6.07, 6.45) is 4.15. The molecule has 0 heterocycles. The van der Waals surface area contributed by atoms with Crippen LogP contribution in [0.3, 0.4) is 0 Å². The molecular weight excluding hydrogens is 357 g/mol. The quantitative estimate of drug-likeness (QED) is 0.521. The topological polar surface area (TPSA) is 21.3 Å². The van der Waals surface area contributed by atoms with Crippen molar-refractivity contribution in [3.05, 3.63) is 27.4 Å². The SMILES string of the molecule is CC(C)CNCCC1(Oc2cc(F)c(Cl)cc2Br)CCC1. The van der Waals surface area contributed by atoms with Gasteiger partial charge in [0, 0.05) is 6.07 Å². The van der Waals surface area contributed by atoms with Crippen molar-refractivity contribution >= 4 is 27.5 Å². The molecule has 0 radical (unpaired) electrons. The summed E-state index contributed by atoms with van der Waals surface area (Å²) in [5.74, 6) is 0.741. The lowest BCUT2D eigenvalue weighted by molar-refractivity contribution is -0.0151. The van der Waals surface area contributed by atoms with Crippen molar-refractivity contribution in [2.24, 2.45) is 5.92 Å². The zero-order valence-electron chi connectivity index (χ0n) is 12.5. The monoisotopic (exact) mass is 377 g/mol. The van der Waals surface area contributed by atoms with Crippen molar-refractivity contribution < 1.29 is 9.13 Å². The highest BCUT2D eigenvalue weighted by Gasteiger charge is 2.39. The Labute approximate surface area is 139 Å². The van der Waals surface area contributed by atoms with E-state index in [1.165, 1.54) is 6.07 Å². The number of nitrogens with one attached hydrogen (secondary N) is 1. The third-order valence-electron chi connectivity index (χ3n) is 3.88. The Balaban J connectivity index is 1.97. The molecule has 2 rings (SSSR count). The van der Waals surface area contributed by atoms with E-state index in [0.717, 1.165) is 38.8 Å². The van der Waals surface area contributed by atoms with Crippen LogP contribution in [0.4, 0.5) is 4.39 Å². The zero-order chi connectivity index (χ0) is 15.5. The van der Waals surface area contributed by atoms with E-state index < -0.39 is 5.82 Å². The number of rotatable bonds is 7. The van der Waals surface area contributed by atoms with Crippen LogP contribution in [0.2, 0.25) is 5.02 Å². The maximum absolute atomic E-state index is 13.6. The van der Waals surface area contributed by atoms with Gasteiger partial charge in [0.15, 0.2) is 0 Å². The first-order valence-corrected chi connectivity index (χ1v) is 8.63. The Morgan fingerprint density at radius 1 is 1.43 bits per heavy atom. The highest BCUT2D eigenvalue weighted by Crippen LogP contribution is 2.42. The van der Waals surface area contributed by atoms with Gasteiger partial charge in [-0.25, -0.2) is 4.39 Å². The van der Waals surface area contributed by atoms with E-state index >= 15 is 0 Å². The van der Waals surface area contributed by atoms with Gasteiger partial charge in [0.05, 0.1) is 9.50 Å². The molecule has 2 nitrogen and oxygen atoms in total. The summed E-state index contributed by atoms with van der Waals surface area (Å²) in [5, 5.41) is 3.55. The van der Waals surface area contributed by atoms with Crippen molar-refractivity contribution in [3.63, 3.8) is 0 Å². The molecule has 1 N–H and O–H groups in total.